The third-order valence-electron chi connectivity index (χ3n) is 4.16. The van der Waals surface area contributed by atoms with Crippen molar-refractivity contribution in [2.24, 2.45) is 0 Å². The maximum Gasteiger partial charge on any atom is 0.251 e. The number of halogens is 1. The second-order valence-electron chi connectivity index (χ2n) is 6.15. The minimum Gasteiger partial charge on any atom is -0.489 e. The van der Waals surface area contributed by atoms with Crippen LogP contribution >= 0.6 is 0 Å². The fourth-order valence-electron chi connectivity index (χ4n) is 2.80. The van der Waals surface area contributed by atoms with E-state index in [9.17, 15) is 4.39 Å². The van der Waals surface area contributed by atoms with Crippen LogP contribution in [0.25, 0.3) is 22.9 Å². The third kappa shape index (κ3) is 3.72. The molecule has 0 fully saturated rings. The lowest BCUT2D eigenvalue weighted by molar-refractivity contribution is 0.306. The normalized spacial score (nSPS) is 10.7. The van der Waals surface area contributed by atoms with Gasteiger partial charge in [-0.05, 0) is 42.8 Å². The van der Waals surface area contributed by atoms with Gasteiger partial charge in [-0.15, -0.1) is 10.2 Å². The topological polar surface area (TPSA) is 48.2 Å². The Morgan fingerprint density at radius 2 is 1.56 bits per heavy atom. The van der Waals surface area contributed by atoms with E-state index in [1.54, 1.807) is 18.2 Å². The molecule has 1 aromatic heterocycles. The summed E-state index contributed by atoms with van der Waals surface area (Å²) in [6, 6.07) is 21.8. The largest absolute Gasteiger partial charge is 0.489 e. The summed E-state index contributed by atoms with van der Waals surface area (Å²) < 4.78 is 25.6. The zero-order valence-corrected chi connectivity index (χ0v) is 14.7. The molecular weight excluding hydrogens is 343 g/mol. The van der Waals surface area contributed by atoms with Gasteiger partial charge in [0.2, 0.25) is 5.89 Å². The van der Waals surface area contributed by atoms with Gasteiger partial charge < -0.3 is 9.15 Å². The summed E-state index contributed by atoms with van der Waals surface area (Å²) in [5.74, 6) is 0.875. The van der Waals surface area contributed by atoms with Crippen LogP contribution in [0, 0.1) is 12.7 Å². The summed E-state index contributed by atoms with van der Waals surface area (Å²) in [6.07, 6.45) is 0. The zero-order valence-electron chi connectivity index (χ0n) is 14.7. The molecule has 0 radical (unpaired) electrons. The molecule has 3 aromatic carbocycles. The van der Waals surface area contributed by atoms with Gasteiger partial charge in [0.25, 0.3) is 5.89 Å². The summed E-state index contributed by atoms with van der Waals surface area (Å²) in [5, 5.41) is 8.09. The van der Waals surface area contributed by atoms with Gasteiger partial charge in [-0.3, -0.25) is 0 Å². The highest BCUT2D eigenvalue weighted by Crippen LogP contribution is 2.28. The molecule has 0 unspecified atom stereocenters. The van der Waals surface area contributed by atoms with Gasteiger partial charge in [-0.25, -0.2) is 4.39 Å². The van der Waals surface area contributed by atoms with Crippen molar-refractivity contribution >= 4 is 0 Å². The quantitative estimate of drug-likeness (QED) is 0.476. The summed E-state index contributed by atoms with van der Waals surface area (Å²) >= 11 is 0. The van der Waals surface area contributed by atoms with Crippen LogP contribution in [-0.2, 0) is 6.61 Å². The molecule has 0 amide bonds. The fourth-order valence-corrected chi connectivity index (χ4v) is 2.80. The van der Waals surface area contributed by atoms with Crippen LogP contribution in [0.15, 0.2) is 77.2 Å². The number of hydrogen-bond acceptors (Lipinski definition) is 4. The van der Waals surface area contributed by atoms with E-state index < -0.39 is 5.82 Å². The van der Waals surface area contributed by atoms with Crippen LogP contribution in [0.4, 0.5) is 4.39 Å². The van der Waals surface area contributed by atoms with Crippen molar-refractivity contribution < 1.29 is 13.5 Å². The molecule has 0 aliphatic carbocycles. The molecular formula is C22H17FN2O2. The van der Waals surface area contributed by atoms with Gasteiger partial charge in [0.15, 0.2) is 0 Å². The molecule has 0 aliphatic rings. The summed E-state index contributed by atoms with van der Waals surface area (Å²) in [7, 11) is 0. The van der Waals surface area contributed by atoms with Crippen LogP contribution in [0.5, 0.6) is 5.75 Å². The van der Waals surface area contributed by atoms with Crippen molar-refractivity contribution in [1.29, 1.82) is 0 Å². The molecule has 4 aromatic rings. The predicted octanol–water partition coefficient (Wildman–Crippen LogP) is 5.43. The SMILES string of the molecule is Cc1cccc(OCc2ccccc2-c2nnc(-c3ccccc3F)o2)c1. The van der Waals surface area contributed by atoms with Crippen LogP contribution < -0.4 is 4.74 Å². The van der Waals surface area contributed by atoms with Crippen molar-refractivity contribution in [2.75, 3.05) is 0 Å². The van der Waals surface area contributed by atoms with E-state index in [1.165, 1.54) is 6.07 Å². The molecule has 0 saturated carbocycles. The van der Waals surface area contributed by atoms with Gasteiger partial charge in [0.05, 0.1) is 5.56 Å². The molecule has 4 rings (SSSR count). The Kier molecular flexibility index (Phi) is 4.66. The molecule has 0 bridgehead atoms. The highest BCUT2D eigenvalue weighted by Gasteiger charge is 2.16. The molecule has 0 N–H and O–H groups in total. The average molecular weight is 360 g/mol. The van der Waals surface area contributed by atoms with Gasteiger partial charge in [0.1, 0.15) is 18.2 Å². The molecule has 27 heavy (non-hydrogen) atoms. The highest BCUT2D eigenvalue weighted by atomic mass is 19.1. The lowest BCUT2D eigenvalue weighted by Crippen LogP contribution is -1.98. The van der Waals surface area contributed by atoms with E-state index in [1.807, 2.05) is 55.5 Å². The van der Waals surface area contributed by atoms with Crippen LogP contribution in [-0.4, -0.2) is 10.2 Å². The standard InChI is InChI=1S/C22H17FN2O2/c1-15-7-6-9-17(13-15)26-14-16-8-2-3-10-18(16)21-24-25-22(27-21)19-11-4-5-12-20(19)23/h2-13H,14H2,1H3. The lowest BCUT2D eigenvalue weighted by Gasteiger charge is -2.09. The van der Waals surface area contributed by atoms with E-state index >= 15 is 0 Å². The summed E-state index contributed by atoms with van der Waals surface area (Å²) in [5.41, 5.74) is 3.08. The van der Waals surface area contributed by atoms with E-state index in [4.69, 9.17) is 9.15 Å². The molecule has 0 saturated heterocycles. The molecule has 1 heterocycles. The fraction of sp³-hybridized carbons (Fsp3) is 0.0909. The molecule has 4 nitrogen and oxygen atoms in total. The summed E-state index contributed by atoms with van der Waals surface area (Å²) in [4.78, 5) is 0. The maximum atomic E-state index is 14.0. The number of benzene rings is 3. The van der Waals surface area contributed by atoms with E-state index in [-0.39, 0.29) is 11.5 Å². The minimum absolute atomic E-state index is 0.150. The van der Waals surface area contributed by atoms with E-state index in [0.29, 0.717) is 12.5 Å². The zero-order chi connectivity index (χ0) is 18.6. The third-order valence-corrected chi connectivity index (χ3v) is 4.16. The molecule has 0 aliphatic heterocycles. The molecule has 0 spiro atoms. The van der Waals surface area contributed by atoms with Crippen LogP contribution in [0.1, 0.15) is 11.1 Å². The number of nitrogens with zero attached hydrogens (tertiary/aromatic N) is 2. The van der Waals surface area contributed by atoms with E-state index in [0.717, 1.165) is 22.4 Å². The Morgan fingerprint density at radius 3 is 2.33 bits per heavy atom. The predicted molar refractivity (Wildman–Crippen MR) is 101 cm³/mol. The Bertz CT molecular complexity index is 1080. The number of rotatable bonds is 5. The lowest BCUT2D eigenvalue weighted by atomic mass is 10.1. The van der Waals surface area contributed by atoms with Crippen molar-refractivity contribution in [3.8, 4) is 28.7 Å². The van der Waals surface area contributed by atoms with Crippen molar-refractivity contribution in [2.45, 2.75) is 13.5 Å². The molecule has 134 valence electrons. The first kappa shape index (κ1) is 17.0. The minimum atomic E-state index is -0.399. The Balaban J connectivity index is 1.61. The average Bonchev–Trinajstić information content (AvgIpc) is 3.17. The summed E-state index contributed by atoms with van der Waals surface area (Å²) in [6.45, 7) is 2.38. The Labute approximate surface area is 156 Å². The number of aryl methyl sites for hydroxylation is 1. The Hall–Kier alpha value is -3.47. The van der Waals surface area contributed by atoms with Gasteiger partial charge in [0, 0.05) is 11.1 Å². The van der Waals surface area contributed by atoms with Crippen molar-refractivity contribution in [3.63, 3.8) is 0 Å². The number of hydrogen-bond donors (Lipinski definition) is 0. The first-order chi connectivity index (χ1) is 13.2. The maximum absolute atomic E-state index is 14.0. The Morgan fingerprint density at radius 1 is 0.852 bits per heavy atom. The smallest absolute Gasteiger partial charge is 0.251 e. The highest BCUT2D eigenvalue weighted by molar-refractivity contribution is 5.61. The molecule has 5 heteroatoms. The first-order valence-corrected chi connectivity index (χ1v) is 8.57. The number of aromatic nitrogens is 2. The van der Waals surface area contributed by atoms with Crippen molar-refractivity contribution in [1.82, 2.24) is 10.2 Å². The van der Waals surface area contributed by atoms with Crippen LogP contribution in [0.2, 0.25) is 0 Å². The number of ether oxygens (including phenoxy) is 1. The second kappa shape index (κ2) is 7.41. The van der Waals surface area contributed by atoms with Crippen LogP contribution in [0.3, 0.4) is 0 Å². The van der Waals surface area contributed by atoms with E-state index in [2.05, 4.69) is 10.2 Å². The monoisotopic (exact) mass is 360 g/mol. The van der Waals surface area contributed by atoms with Gasteiger partial charge in [-0.1, -0.05) is 42.5 Å². The second-order valence-corrected chi connectivity index (χ2v) is 6.15. The van der Waals surface area contributed by atoms with Crippen molar-refractivity contribution in [3.05, 3.63) is 89.7 Å². The molecule has 0 atom stereocenters. The van der Waals surface area contributed by atoms with Gasteiger partial charge in [-0.2, -0.15) is 0 Å². The van der Waals surface area contributed by atoms with Gasteiger partial charge >= 0.3 is 0 Å². The first-order valence-electron chi connectivity index (χ1n) is 8.57.